The number of rotatable bonds is 8. The number of pyridine rings is 2. The minimum atomic E-state index is 0.533. The van der Waals surface area contributed by atoms with Crippen LogP contribution < -0.4 is 4.74 Å². The topological polar surface area (TPSA) is 39.9 Å². The van der Waals surface area contributed by atoms with Gasteiger partial charge in [-0.25, -0.2) is 9.97 Å². The molecule has 10 rings (SSSR count). The Hall–Kier alpha value is -7.56. The van der Waals surface area contributed by atoms with Crippen LogP contribution in [0.3, 0.4) is 0 Å². The van der Waals surface area contributed by atoms with Crippen LogP contribution in [0.2, 0.25) is 0 Å². The van der Waals surface area contributed by atoms with Crippen LogP contribution in [0.5, 0.6) is 11.6 Å². The van der Waals surface area contributed by atoms with Gasteiger partial charge in [0.15, 0.2) is 0 Å². The predicted octanol–water partition coefficient (Wildman–Crippen LogP) is 13.7. The molecule has 0 aliphatic carbocycles. The minimum Gasteiger partial charge on any atom is -0.439 e. The summed E-state index contributed by atoms with van der Waals surface area (Å²) >= 11 is 0. The molecule has 7 aromatic carbocycles. The van der Waals surface area contributed by atoms with Crippen LogP contribution in [0, 0.1) is 0 Å². The van der Waals surface area contributed by atoms with E-state index in [0.29, 0.717) is 11.6 Å². The summed E-state index contributed by atoms with van der Waals surface area (Å²) in [5, 5.41) is 2.33. The van der Waals surface area contributed by atoms with Crippen LogP contribution in [0.15, 0.2) is 213 Å². The Labute approximate surface area is 325 Å². The maximum absolute atomic E-state index is 6.67. The Bertz CT molecular complexity index is 2980. The molecule has 0 amide bonds. The molecule has 56 heavy (non-hydrogen) atoms. The van der Waals surface area contributed by atoms with Gasteiger partial charge in [-0.2, -0.15) is 0 Å². The monoisotopic (exact) mass is 717 g/mol. The molecule has 0 aliphatic rings. The van der Waals surface area contributed by atoms with Gasteiger partial charge in [0.2, 0.25) is 5.88 Å². The summed E-state index contributed by atoms with van der Waals surface area (Å²) in [7, 11) is 0. The molecule has 0 bridgehead atoms. The number of nitrogens with zero attached hydrogens (tertiary/aromatic N) is 3. The van der Waals surface area contributed by atoms with Gasteiger partial charge in [0, 0.05) is 29.2 Å². The Kier molecular flexibility index (Phi) is 8.47. The van der Waals surface area contributed by atoms with Crippen LogP contribution in [0.25, 0.3) is 83.3 Å². The van der Waals surface area contributed by atoms with E-state index in [1.54, 1.807) is 6.20 Å². The number of aromatic nitrogens is 3. The van der Waals surface area contributed by atoms with Crippen molar-refractivity contribution in [3.8, 4) is 73.1 Å². The second-order valence-electron chi connectivity index (χ2n) is 13.9. The van der Waals surface area contributed by atoms with Crippen molar-refractivity contribution in [1.29, 1.82) is 0 Å². The van der Waals surface area contributed by atoms with Gasteiger partial charge in [0.05, 0.1) is 11.0 Å². The molecule has 0 fully saturated rings. The maximum Gasteiger partial charge on any atom is 0.219 e. The van der Waals surface area contributed by atoms with E-state index in [-0.39, 0.29) is 0 Å². The summed E-state index contributed by atoms with van der Waals surface area (Å²) in [6, 6.07) is 70.0. The zero-order chi connectivity index (χ0) is 37.3. The molecule has 4 heteroatoms. The fraction of sp³-hybridized carbons (Fsp3) is 0. The fourth-order valence-corrected chi connectivity index (χ4v) is 7.72. The molecule has 0 aliphatic heterocycles. The summed E-state index contributed by atoms with van der Waals surface area (Å²) in [6.07, 6.45) is 3.71. The number of fused-ring (bicyclic) bond motifs is 3. The van der Waals surface area contributed by atoms with Gasteiger partial charge >= 0.3 is 0 Å². The van der Waals surface area contributed by atoms with Gasteiger partial charge in [-0.1, -0.05) is 140 Å². The highest BCUT2D eigenvalue weighted by atomic mass is 16.5. The van der Waals surface area contributed by atoms with Crippen LogP contribution in [0.4, 0.5) is 0 Å². The highest BCUT2D eigenvalue weighted by Crippen LogP contribution is 2.43. The van der Waals surface area contributed by atoms with E-state index in [4.69, 9.17) is 9.72 Å². The predicted molar refractivity (Wildman–Crippen MR) is 230 cm³/mol. The minimum absolute atomic E-state index is 0.533. The second-order valence-corrected chi connectivity index (χ2v) is 13.9. The van der Waals surface area contributed by atoms with Gasteiger partial charge in [-0.15, -0.1) is 0 Å². The lowest BCUT2D eigenvalue weighted by atomic mass is 9.91. The number of hydrogen-bond donors (Lipinski definition) is 0. The largest absolute Gasteiger partial charge is 0.439 e. The first-order valence-electron chi connectivity index (χ1n) is 18.8. The first-order chi connectivity index (χ1) is 27.7. The third kappa shape index (κ3) is 6.29. The van der Waals surface area contributed by atoms with Crippen molar-refractivity contribution in [2.24, 2.45) is 0 Å². The Balaban J connectivity index is 1.20. The van der Waals surface area contributed by atoms with Gasteiger partial charge in [0.25, 0.3) is 0 Å². The molecule has 264 valence electrons. The van der Waals surface area contributed by atoms with E-state index in [1.807, 2.05) is 48.7 Å². The molecular weight excluding hydrogens is 683 g/mol. The van der Waals surface area contributed by atoms with Gasteiger partial charge in [0.1, 0.15) is 11.6 Å². The number of benzene rings is 7. The molecule has 0 spiro atoms. The third-order valence-corrected chi connectivity index (χ3v) is 10.4. The van der Waals surface area contributed by atoms with Crippen molar-refractivity contribution in [3.05, 3.63) is 213 Å². The van der Waals surface area contributed by atoms with E-state index in [1.165, 1.54) is 5.39 Å². The van der Waals surface area contributed by atoms with Crippen LogP contribution in [-0.2, 0) is 0 Å². The fourth-order valence-electron chi connectivity index (χ4n) is 7.72. The van der Waals surface area contributed by atoms with E-state index in [9.17, 15) is 0 Å². The van der Waals surface area contributed by atoms with Crippen molar-refractivity contribution < 1.29 is 4.74 Å². The zero-order valence-electron chi connectivity index (χ0n) is 30.5. The molecule has 0 atom stereocenters. The summed E-state index contributed by atoms with van der Waals surface area (Å²) in [4.78, 5) is 9.61. The number of hydrogen-bond acceptors (Lipinski definition) is 3. The van der Waals surface area contributed by atoms with Crippen molar-refractivity contribution in [2.45, 2.75) is 0 Å². The highest BCUT2D eigenvalue weighted by Gasteiger charge is 2.19. The molecule has 10 aromatic rings. The van der Waals surface area contributed by atoms with Gasteiger partial charge in [-0.05, 0) is 110 Å². The molecule has 0 radical (unpaired) electrons. The molecule has 0 saturated carbocycles. The summed E-state index contributed by atoms with van der Waals surface area (Å²) in [5.74, 6) is 2.10. The normalized spacial score (nSPS) is 11.2. The lowest BCUT2D eigenvalue weighted by molar-refractivity contribution is 0.463. The standard InChI is InChI=1S/C52H35N3O/c1-5-15-36(16-6-1)40-25-27-53-51(32-40)55-49-24-14-13-23-45(49)48-34-46(39-21-11-4-12-22-39)47(35-50(48)55)43-29-42(38-19-9-3-10-20-38)30-44(31-43)56-52-33-41(26-28-54-52)37-17-7-2-8-18-37/h1-35H. The molecule has 4 nitrogen and oxygen atoms in total. The van der Waals surface area contributed by atoms with Crippen molar-refractivity contribution in [2.75, 3.05) is 0 Å². The lowest BCUT2D eigenvalue weighted by Crippen LogP contribution is -1.98. The molecule has 0 N–H and O–H groups in total. The van der Waals surface area contributed by atoms with E-state index < -0.39 is 0 Å². The average molecular weight is 718 g/mol. The summed E-state index contributed by atoms with van der Waals surface area (Å²) < 4.78 is 8.97. The number of para-hydroxylation sites is 1. The van der Waals surface area contributed by atoms with E-state index in [2.05, 4.69) is 167 Å². The smallest absolute Gasteiger partial charge is 0.219 e. The quantitative estimate of drug-likeness (QED) is 0.157. The van der Waals surface area contributed by atoms with E-state index >= 15 is 0 Å². The van der Waals surface area contributed by atoms with Crippen LogP contribution >= 0.6 is 0 Å². The van der Waals surface area contributed by atoms with Crippen LogP contribution in [0.1, 0.15) is 0 Å². The third-order valence-electron chi connectivity index (χ3n) is 10.4. The number of ether oxygens (including phenoxy) is 1. The summed E-state index contributed by atoms with van der Waals surface area (Å²) in [5.41, 5.74) is 13.1. The Morgan fingerprint density at radius 2 is 0.875 bits per heavy atom. The second kappa shape index (κ2) is 14.3. The zero-order valence-corrected chi connectivity index (χ0v) is 30.5. The molecule has 3 aromatic heterocycles. The first kappa shape index (κ1) is 33.0. The van der Waals surface area contributed by atoms with E-state index in [0.717, 1.165) is 77.9 Å². The van der Waals surface area contributed by atoms with Gasteiger partial charge < -0.3 is 4.74 Å². The maximum atomic E-state index is 6.67. The lowest BCUT2D eigenvalue weighted by Gasteiger charge is -2.16. The van der Waals surface area contributed by atoms with Crippen molar-refractivity contribution >= 4 is 21.8 Å². The van der Waals surface area contributed by atoms with Crippen molar-refractivity contribution in [1.82, 2.24) is 14.5 Å². The Morgan fingerprint density at radius 3 is 1.55 bits per heavy atom. The first-order valence-corrected chi connectivity index (χ1v) is 18.8. The molecular formula is C52H35N3O. The molecule has 0 unspecified atom stereocenters. The molecule has 0 saturated heterocycles. The highest BCUT2D eigenvalue weighted by molar-refractivity contribution is 6.12. The average Bonchev–Trinajstić information content (AvgIpc) is 3.60. The van der Waals surface area contributed by atoms with Crippen LogP contribution in [-0.4, -0.2) is 14.5 Å². The van der Waals surface area contributed by atoms with Crippen molar-refractivity contribution in [3.63, 3.8) is 0 Å². The van der Waals surface area contributed by atoms with Gasteiger partial charge in [-0.3, -0.25) is 4.57 Å². The Morgan fingerprint density at radius 1 is 0.339 bits per heavy atom. The molecule has 3 heterocycles. The summed E-state index contributed by atoms with van der Waals surface area (Å²) in [6.45, 7) is 0. The SMILES string of the molecule is c1ccc(-c2cc(Oc3cc(-c4ccccc4)ccn3)cc(-c3cc4c(cc3-c3ccccc3)c3ccccc3n4-c3cc(-c4ccccc4)ccn3)c2)cc1.